The van der Waals surface area contributed by atoms with Gasteiger partial charge in [-0.15, -0.1) is 0 Å². The van der Waals surface area contributed by atoms with Crippen molar-refractivity contribution in [2.24, 2.45) is 5.92 Å². The van der Waals surface area contributed by atoms with Gasteiger partial charge in [-0.3, -0.25) is 4.79 Å². The zero-order chi connectivity index (χ0) is 18.5. The van der Waals surface area contributed by atoms with Crippen LogP contribution in [0.25, 0.3) is 10.9 Å². The van der Waals surface area contributed by atoms with Gasteiger partial charge >= 0.3 is 0 Å². The monoisotopic (exact) mass is 367 g/mol. The highest BCUT2D eigenvalue weighted by Crippen LogP contribution is 2.44. The summed E-state index contributed by atoms with van der Waals surface area (Å²) in [6.07, 6.45) is 7.37. The standard InChI is InChI=1S/C22H29N3O2/c1-25-12-14(22(27)24-15-5-7-16(26)8-6-15)9-18-17-3-2-4-19-21(17)13(11-23-19)10-20(18)25/h2-4,11,14-16,18,20,23,26H,5-10,12H2,1H3,(H,24,27). The molecule has 1 saturated carbocycles. The average Bonchev–Trinajstić information content (AvgIpc) is 3.09. The molecule has 1 saturated heterocycles. The number of fused-ring (bicyclic) bond motifs is 2. The number of amides is 1. The Hall–Kier alpha value is -1.85. The van der Waals surface area contributed by atoms with Crippen molar-refractivity contribution < 1.29 is 9.90 Å². The van der Waals surface area contributed by atoms with Crippen LogP contribution in [-0.4, -0.2) is 52.7 Å². The van der Waals surface area contributed by atoms with Crippen LogP contribution in [0.4, 0.5) is 0 Å². The van der Waals surface area contributed by atoms with Crippen molar-refractivity contribution >= 4 is 16.8 Å². The van der Waals surface area contributed by atoms with Crippen molar-refractivity contribution in [1.82, 2.24) is 15.2 Å². The molecule has 2 aliphatic carbocycles. The SMILES string of the molecule is CN1CC(C(=O)NC2CCC(O)CC2)CC2c3cccc4[nH]cc(c34)CC21. The zero-order valence-corrected chi connectivity index (χ0v) is 15.9. The Morgan fingerprint density at radius 2 is 2.07 bits per heavy atom. The normalized spacial score (nSPS) is 33.6. The number of hydrogen-bond donors (Lipinski definition) is 3. The fourth-order valence-electron chi connectivity index (χ4n) is 5.67. The van der Waals surface area contributed by atoms with E-state index in [0.717, 1.165) is 45.1 Å². The highest BCUT2D eigenvalue weighted by Gasteiger charge is 2.41. The van der Waals surface area contributed by atoms with Gasteiger partial charge in [-0.05, 0) is 62.8 Å². The molecular weight excluding hydrogens is 338 g/mol. The Bertz CT molecular complexity index is 852. The van der Waals surface area contributed by atoms with Gasteiger partial charge in [0.05, 0.1) is 12.0 Å². The minimum Gasteiger partial charge on any atom is -0.393 e. The largest absolute Gasteiger partial charge is 0.393 e. The fourth-order valence-corrected chi connectivity index (χ4v) is 5.67. The quantitative estimate of drug-likeness (QED) is 0.764. The molecule has 2 fully saturated rings. The van der Waals surface area contributed by atoms with Crippen LogP contribution in [0.15, 0.2) is 24.4 Å². The van der Waals surface area contributed by atoms with Gasteiger partial charge in [0.15, 0.2) is 0 Å². The van der Waals surface area contributed by atoms with E-state index in [1.165, 1.54) is 22.0 Å². The molecule has 3 N–H and O–H groups in total. The van der Waals surface area contributed by atoms with Crippen molar-refractivity contribution in [2.75, 3.05) is 13.6 Å². The Balaban J connectivity index is 1.36. The van der Waals surface area contributed by atoms with Gasteiger partial charge in [-0.1, -0.05) is 12.1 Å². The maximum atomic E-state index is 13.0. The third-order valence-corrected chi connectivity index (χ3v) is 7.14. The van der Waals surface area contributed by atoms with Gasteiger partial charge in [-0.2, -0.15) is 0 Å². The summed E-state index contributed by atoms with van der Waals surface area (Å²) in [6, 6.07) is 7.25. The topological polar surface area (TPSA) is 68.4 Å². The van der Waals surface area contributed by atoms with Crippen molar-refractivity contribution in [3.63, 3.8) is 0 Å². The average molecular weight is 367 g/mol. The van der Waals surface area contributed by atoms with E-state index in [-0.39, 0.29) is 24.0 Å². The second-order valence-corrected chi connectivity index (χ2v) is 8.85. The van der Waals surface area contributed by atoms with E-state index < -0.39 is 0 Å². The van der Waals surface area contributed by atoms with Crippen LogP contribution < -0.4 is 5.32 Å². The molecular formula is C22H29N3O2. The summed E-state index contributed by atoms with van der Waals surface area (Å²) in [5, 5.41) is 14.4. The Kier molecular flexibility index (Phi) is 4.25. The molecule has 5 heteroatoms. The van der Waals surface area contributed by atoms with E-state index >= 15 is 0 Å². The molecule has 5 nitrogen and oxygen atoms in total. The number of likely N-dealkylation sites (tertiary alicyclic amines) is 1. The second kappa shape index (κ2) is 6.64. The Morgan fingerprint density at radius 1 is 1.26 bits per heavy atom. The van der Waals surface area contributed by atoms with Gasteiger partial charge in [0.1, 0.15) is 0 Å². The number of carbonyl (C=O) groups excluding carboxylic acids is 1. The molecule has 1 aromatic carbocycles. The molecule has 0 radical (unpaired) electrons. The predicted molar refractivity (Wildman–Crippen MR) is 106 cm³/mol. The van der Waals surface area contributed by atoms with Crippen molar-refractivity contribution in [2.45, 2.75) is 62.6 Å². The summed E-state index contributed by atoms with van der Waals surface area (Å²) in [7, 11) is 2.17. The van der Waals surface area contributed by atoms with E-state index in [1.54, 1.807) is 0 Å². The van der Waals surface area contributed by atoms with E-state index in [1.807, 2.05) is 0 Å². The first-order valence-electron chi connectivity index (χ1n) is 10.4. The molecule has 2 heterocycles. The smallest absolute Gasteiger partial charge is 0.224 e. The number of nitrogens with one attached hydrogen (secondary N) is 2. The fraction of sp³-hybridized carbons (Fsp3) is 0.591. The zero-order valence-electron chi connectivity index (χ0n) is 15.9. The molecule has 5 rings (SSSR count). The summed E-state index contributed by atoms with van der Waals surface area (Å²) in [6.45, 7) is 0.831. The molecule has 3 aliphatic rings. The van der Waals surface area contributed by atoms with Crippen LogP contribution >= 0.6 is 0 Å². The third-order valence-electron chi connectivity index (χ3n) is 7.14. The maximum absolute atomic E-state index is 13.0. The lowest BCUT2D eigenvalue weighted by Crippen LogP contribution is -2.52. The van der Waals surface area contributed by atoms with Gasteiger partial charge < -0.3 is 20.3 Å². The first kappa shape index (κ1) is 17.3. The first-order valence-corrected chi connectivity index (χ1v) is 10.4. The molecule has 144 valence electrons. The van der Waals surface area contributed by atoms with Crippen LogP contribution in [0.2, 0.25) is 0 Å². The summed E-state index contributed by atoms with van der Waals surface area (Å²) in [5.41, 5.74) is 4.04. The number of aromatic amines is 1. The number of hydrogen-bond acceptors (Lipinski definition) is 3. The molecule has 0 bridgehead atoms. The minimum atomic E-state index is -0.182. The number of aromatic nitrogens is 1. The lowest BCUT2D eigenvalue weighted by atomic mass is 9.72. The lowest BCUT2D eigenvalue weighted by Gasteiger charge is -2.45. The lowest BCUT2D eigenvalue weighted by molar-refractivity contribution is -0.128. The van der Waals surface area contributed by atoms with Crippen LogP contribution in [0.5, 0.6) is 0 Å². The highest BCUT2D eigenvalue weighted by atomic mass is 16.3. The van der Waals surface area contributed by atoms with E-state index in [4.69, 9.17) is 0 Å². The summed E-state index contributed by atoms with van der Waals surface area (Å²) < 4.78 is 0. The number of H-pyrrole nitrogens is 1. The number of piperidine rings is 1. The van der Waals surface area contributed by atoms with Crippen molar-refractivity contribution in [3.05, 3.63) is 35.5 Å². The highest BCUT2D eigenvalue weighted by molar-refractivity contribution is 5.88. The molecule has 0 spiro atoms. The van der Waals surface area contributed by atoms with Crippen molar-refractivity contribution in [3.8, 4) is 0 Å². The maximum Gasteiger partial charge on any atom is 0.224 e. The second-order valence-electron chi connectivity index (χ2n) is 8.85. The minimum absolute atomic E-state index is 0.0406. The van der Waals surface area contributed by atoms with Crippen LogP contribution in [0.1, 0.15) is 49.1 Å². The number of aliphatic hydroxyl groups is 1. The number of aliphatic hydroxyl groups excluding tert-OH is 1. The molecule has 3 atom stereocenters. The molecule has 1 amide bonds. The summed E-state index contributed by atoms with van der Waals surface area (Å²) in [4.78, 5) is 18.8. The van der Waals surface area contributed by atoms with Gasteiger partial charge in [0, 0.05) is 41.6 Å². The molecule has 1 aliphatic heterocycles. The molecule has 2 aromatic rings. The Labute approximate surface area is 160 Å². The van der Waals surface area contributed by atoms with Gasteiger partial charge in [-0.25, -0.2) is 0 Å². The summed E-state index contributed by atoms with van der Waals surface area (Å²) in [5.74, 6) is 0.659. The van der Waals surface area contributed by atoms with Gasteiger partial charge in [0.25, 0.3) is 0 Å². The van der Waals surface area contributed by atoms with Crippen molar-refractivity contribution in [1.29, 1.82) is 0 Å². The molecule has 27 heavy (non-hydrogen) atoms. The molecule has 3 unspecified atom stereocenters. The van der Waals surface area contributed by atoms with Crippen LogP contribution in [0, 0.1) is 5.92 Å². The van der Waals surface area contributed by atoms with E-state index in [0.29, 0.717) is 12.0 Å². The number of benzene rings is 1. The number of carbonyl (C=O) groups is 1. The predicted octanol–water partition coefficient (Wildman–Crippen LogP) is 2.55. The van der Waals surface area contributed by atoms with Gasteiger partial charge in [0.2, 0.25) is 5.91 Å². The number of likely N-dealkylation sites (N-methyl/N-ethyl adjacent to an activating group) is 1. The van der Waals surface area contributed by atoms with Crippen LogP contribution in [0.3, 0.4) is 0 Å². The van der Waals surface area contributed by atoms with E-state index in [9.17, 15) is 9.90 Å². The first-order chi connectivity index (χ1) is 13.1. The third kappa shape index (κ3) is 2.97. The molecule has 1 aromatic heterocycles. The Morgan fingerprint density at radius 3 is 2.89 bits per heavy atom. The van der Waals surface area contributed by atoms with E-state index in [2.05, 4.69) is 46.6 Å². The summed E-state index contributed by atoms with van der Waals surface area (Å²) >= 11 is 0. The van der Waals surface area contributed by atoms with Crippen LogP contribution in [-0.2, 0) is 11.2 Å². The number of nitrogens with zero attached hydrogens (tertiary/aromatic N) is 1. The number of rotatable bonds is 2.